The van der Waals surface area contributed by atoms with Gasteiger partial charge in [0, 0.05) is 17.3 Å². The molecule has 7 heteroatoms. The molecule has 6 nitrogen and oxygen atoms in total. The summed E-state index contributed by atoms with van der Waals surface area (Å²) in [6.45, 7) is 3.39. The van der Waals surface area contributed by atoms with Crippen LogP contribution >= 0.6 is 11.6 Å². The molecule has 3 amide bonds. The standard InChI is InChI=1S/C19H20ClN3O3/c1-12(2)18(25)23-14-7-5-6-13(10-14)22-17(24)11-21-19(26)15-8-3-4-9-16(15)20/h3-10,12H,11H2,1-2H3,(H,21,26)(H,22,24)(H,23,25). The van der Waals surface area contributed by atoms with Crippen LogP contribution in [0.2, 0.25) is 5.02 Å². The maximum atomic E-state index is 12.0. The zero-order valence-electron chi connectivity index (χ0n) is 14.5. The summed E-state index contributed by atoms with van der Waals surface area (Å²) >= 11 is 5.95. The third kappa shape index (κ3) is 5.60. The van der Waals surface area contributed by atoms with Gasteiger partial charge in [-0.2, -0.15) is 0 Å². The number of anilines is 2. The van der Waals surface area contributed by atoms with Gasteiger partial charge in [0.25, 0.3) is 5.91 Å². The normalized spacial score (nSPS) is 10.3. The number of carbonyl (C=O) groups is 3. The van der Waals surface area contributed by atoms with Crippen molar-refractivity contribution in [3.63, 3.8) is 0 Å². The van der Waals surface area contributed by atoms with Crippen LogP contribution in [0.25, 0.3) is 0 Å². The van der Waals surface area contributed by atoms with Gasteiger partial charge in [0.1, 0.15) is 0 Å². The van der Waals surface area contributed by atoms with Gasteiger partial charge in [-0.15, -0.1) is 0 Å². The van der Waals surface area contributed by atoms with Gasteiger partial charge in [-0.25, -0.2) is 0 Å². The van der Waals surface area contributed by atoms with E-state index in [1.54, 1.807) is 62.4 Å². The Morgan fingerprint density at radius 2 is 1.62 bits per heavy atom. The fraction of sp³-hybridized carbons (Fsp3) is 0.211. The second kappa shape index (κ2) is 9.01. The Labute approximate surface area is 156 Å². The molecule has 0 aliphatic heterocycles. The minimum Gasteiger partial charge on any atom is -0.343 e. The highest BCUT2D eigenvalue weighted by Gasteiger charge is 2.12. The zero-order valence-corrected chi connectivity index (χ0v) is 15.3. The number of carbonyl (C=O) groups excluding carboxylic acids is 3. The van der Waals surface area contributed by atoms with Crippen molar-refractivity contribution in [1.82, 2.24) is 5.32 Å². The number of amides is 3. The van der Waals surface area contributed by atoms with E-state index in [0.717, 1.165) is 0 Å². The molecule has 2 rings (SSSR count). The molecule has 0 saturated heterocycles. The fourth-order valence-electron chi connectivity index (χ4n) is 2.07. The lowest BCUT2D eigenvalue weighted by atomic mass is 10.2. The van der Waals surface area contributed by atoms with Crippen molar-refractivity contribution >= 4 is 40.7 Å². The van der Waals surface area contributed by atoms with E-state index in [1.807, 2.05) is 0 Å². The summed E-state index contributed by atoms with van der Waals surface area (Å²) in [4.78, 5) is 35.8. The maximum Gasteiger partial charge on any atom is 0.253 e. The second-order valence-corrected chi connectivity index (χ2v) is 6.34. The van der Waals surface area contributed by atoms with Crippen molar-refractivity contribution in [2.24, 2.45) is 5.92 Å². The lowest BCUT2D eigenvalue weighted by Crippen LogP contribution is -2.33. The Morgan fingerprint density at radius 1 is 0.962 bits per heavy atom. The number of nitrogens with one attached hydrogen (secondary N) is 3. The Hall–Kier alpha value is -2.86. The third-order valence-electron chi connectivity index (χ3n) is 3.47. The summed E-state index contributed by atoms with van der Waals surface area (Å²) in [6.07, 6.45) is 0. The van der Waals surface area contributed by atoms with E-state index in [1.165, 1.54) is 0 Å². The summed E-state index contributed by atoms with van der Waals surface area (Å²) in [7, 11) is 0. The van der Waals surface area contributed by atoms with Crippen LogP contribution in [-0.4, -0.2) is 24.3 Å². The van der Waals surface area contributed by atoms with Crippen molar-refractivity contribution in [2.75, 3.05) is 17.2 Å². The summed E-state index contributed by atoms with van der Waals surface area (Å²) in [5.74, 6) is -1.07. The summed E-state index contributed by atoms with van der Waals surface area (Å²) < 4.78 is 0. The molecule has 0 aliphatic carbocycles. The van der Waals surface area contributed by atoms with Crippen LogP contribution in [-0.2, 0) is 9.59 Å². The molecule has 0 radical (unpaired) electrons. The minimum atomic E-state index is -0.427. The summed E-state index contributed by atoms with van der Waals surface area (Å²) in [5, 5.41) is 8.26. The topological polar surface area (TPSA) is 87.3 Å². The van der Waals surface area contributed by atoms with Gasteiger partial charge < -0.3 is 16.0 Å². The van der Waals surface area contributed by atoms with E-state index in [-0.39, 0.29) is 18.4 Å². The first-order valence-corrected chi connectivity index (χ1v) is 8.48. The van der Waals surface area contributed by atoms with Crippen LogP contribution in [0.1, 0.15) is 24.2 Å². The Balaban J connectivity index is 1.91. The van der Waals surface area contributed by atoms with E-state index in [2.05, 4.69) is 16.0 Å². The van der Waals surface area contributed by atoms with Gasteiger partial charge in [0.05, 0.1) is 17.1 Å². The Bertz CT molecular complexity index is 821. The van der Waals surface area contributed by atoms with Gasteiger partial charge in [-0.3, -0.25) is 14.4 Å². The van der Waals surface area contributed by atoms with E-state index >= 15 is 0 Å². The molecule has 0 saturated carbocycles. The van der Waals surface area contributed by atoms with Crippen molar-refractivity contribution in [3.8, 4) is 0 Å². The van der Waals surface area contributed by atoms with E-state index in [9.17, 15) is 14.4 Å². The quantitative estimate of drug-likeness (QED) is 0.726. The molecule has 2 aromatic carbocycles. The SMILES string of the molecule is CC(C)C(=O)Nc1cccc(NC(=O)CNC(=O)c2ccccc2Cl)c1. The average molecular weight is 374 g/mol. The molecule has 0 aromatic heterocycles. The predicted molar refractivity (Wildman–Crippen MR) is 102 cm³/mol. The molecule has 3 N–H and O–H groups in total. The van der Waals surface area contributed by atoms with Gasteiger partial charge in [-0.1, -0.05) is 43.6 Å². The molecule has 26 heavy (non-hydrogen) atoms. The molecular formula is C19H20ClN3O3. The van der Waals surface area contributed by atoms with E-state index < -0.39 is 11.8 Å². The number of hydrogen-bond acceptors (Lipinski definition) is 3. The van der Waals surface area contributed by atoms with E-state index in [4.69, 9.17) is 11.6 Å². The lowest BCUT2D eigenvalue weighted by molar-refractivity contribution is -0.119. The Morgan fingerprint density at radius 3 is 2.27 bits per heavy atom. The number of hydrogen-bond donors (Lipinski definition) is 3. The molecule has 136 valence electrons. The van der Waals surface area contributed by atoms with Crippen LogP contribution in [0.4, 0.5) is 11.4 Å². The zero-order chi connectivity index (χ0) is 19.1. The predicted octanol–water partition coefficient (Wildman–Crippen LogP) is 3.30. The van der Waals surface area contributed by atoms with Gasteiger partial charge in [0.15, 0.2) is 0 Å². The van der Waals surface area contributed by atoms with Crippen molar-refractivity contribution in [1.29, 1.82) is 0 Å². The molecule has 0 heterocycles. The molecule has 0 unspecified atom stereocenters. The number of halogens is 1. The van der Waals surface area contributed by atoms with Crippen molar-refractivity contribution in [2.45, 2.75) is 13.8 Å². The van der Waals surface area contributed by atoms with Gasteiger partial charge in [-0.05, 0) is 30.3 Å². The smallest absolute Gasteiger partial charge is 0.253 e. The summed E-state index contributed by atoms with van der Waals surface area (Å²) in [5.41, 5.74) is 1.41. The first kappa shape index (κ1) is 19.5. The van der Waals surface area contributed by atoms with Crippen molar-refractivity contribution in [3.05, 3.63) is 59.1 Å². The molecule has 0 aliphatic rings. The van der Waals surface area contributed by atoms with Crippen LogP contribution < -0.4 is 16.0 Å². The lowest BCUT2D eigenvalue weighted by Gasteiger charge is -2.11. The molecule has 0 spiro atoms. The fourth-order valence-corrected chi connectivity index (χ4v) is 2.29. The molecule has 0 fully saturated rings. The summed E-state index contributed by atoms with van der Waals surface area (Å²) in [6, 6.07) is 13.4. The molecule has 0 bridgehead atoms. The van der Waals surface area contributed by atoms with Crippen LogP contribution in [0.3, 0.4) is 0 Å². The maximum absolute atomic E-state index is 12.0. The molecule has 0 atom stereocenters. The second-order valence-electron chi connectivity index (χ2n) is 5.94. The molecule has 2 aromatic rings. The van der Waals surface area contributed by atoms with Crippen LogP contribution in [0.15, 0.2) is 48.5 Å². The van der Waals surface area contributed by atoms with Crippen LogP contribution in [0, 0.1) is 5.92 Å². The van der Waals surface area contributed by atoms with Crippen molar-refractivity contribution < 1.29 is 14.4 Å². The van der Waals surface area contributed by atoms with E-state index in [0.29, 0.717) is 22.0 Å². The number of rotatable bonds is 6. The monoisotopic (exact) mass is 373 g/mol. The van der Waals surface area contributed by atoms with Gasteiger partial charge >= 0.3 is 0 Å². The average Bonchev–Trinajstić information content (AvgIpc) is 2.60. The minimum absolute atomic E-state index is 0.111. The third-order valence-corrected chi connectivity index (χ3v) is 3.80. The highest BCUT2D eigenvalue weighted by molar-refractivity contribution is 6.33. The first-order valence-electron chi connectivity index (χ1n) is 8.10. The van der Waals surface area contributed by atoms with Crippen LogP contribution in [0.5, 0.6) is 0 Å². The number of benzene rings is 2. The van der Waals surface area contributed by atoms with Gasteiger partial charge in [0.2, 0.25) is 11.8 Å². The Kier molecular flexibility index (Phi) is 6.74. The first-order chi connectivity index (χ1) is 12.4. The largest absolute Gasteiger partial charge is 0.343 e. The molecular weight excluding hydrogens is 354 g/mol. The highest BCUT2D eigenvalue weighted by Crippen LogP contribution is 2.16. The highest BCUT2D eigenvalue weighted by atomic mass is 35.5.